The van der Waals surface area contributed by atoms with Gasteiger partial charge in [0.2, 0.25) is 6.04 Å². The van der Waals surface area contributed by atoms with Crippen LogP contribution in [0.25, 0.3) is 0 Å². The van der Waals surface area contributed by atoms with Gasteiger partial charge in [-0.15, -0.1) is 5.10 Å². The number of azo groups is 1. The Morgan fingerprint density at radius 2 is 1.60 bits per heavy atom. The summed E-state index contributed by atoms with van der Waals surface area (Å²) in [6, 6.07) is 20.8. The van der Waals surface area contributed by atoms with E-state index in [4.69, 9.17) is 39.5 Å². The molecule has 4 aromatic rings. The fraction of sp³-hybridized carbons (Fsp3) is 0.200. The van der Waals surface area contributed by atoms with Crippen molar-refractivity contribution in [3.63, 3.8) is 0 Å². The van der Waals surface area contributed by atoms with E-state index in [2.05, 4.69) is 26.0 Å². The van der Waals surface area contributed by atoms with Crippen molar-refractivity contribution in [3.8, 4) is 5.75 Å². The minimum absolute atomic E-state index is 0.0711. The van der Waals surface area contributed by atoms with E-state index in [0.29, 0.717) is 23.5 Å². The van der Waals surface area contributed by atoms with E-state index in [9.17, 15) is 14.4 Å². The molecule has 0 aliphatic carbocycles. The molecular formula is C35H31Cl3N6O4. The predicted octanol–water partition coefficient (Wildman–Crippen LogP) is 8.61. The number of hydrazone groups is 1. The Balaban J connectivity index is 1.37. The average molecular weight is 706 g/mol. The van der Waals surface area contributed by atoms with Crippen molar-refractivity contribution in [1.29, 1.82) is 0 Å². The number of nitrogens with zero attached hydrogens (tertiary/aromatic N) is 4. The van der Waals surface area contributed by atoms with Crippen LogP contribution in [-0.4, -0.2) is 35.7 Å². The van der Waals surface area contributed by atoms with Gasteiger partial charge in [0.1, 0.15) is 11.4 Å². The quantitative estimate of drug-likeness (QED) is 0.169. The summed E-state index contributed by atoms with van der Waals surface area (Å²) in [6.07, 6.45) is -0.343. The van der Waals surface area contributed by atoms with Crippen molar-refractivity contribution in [1.82, 2.24) is 5.32 Å². The summed E-state index contributed by atoms with van der Waals surface area (Å²) in [7, 11) is 0. The number of aryl methyl sites for hydroxylation is 3. The maximum Gasteiger partial charge on any atom is 0.282 e. The van der Waals surface area contributed by atoms with Crippen molar-refractivity contribution >= 4 is 75.4 Å². The van der Waals surface area contributed by atoms with E-state index >= 15 is 0 Å². The number of rotatable bonds is 9. The van der Waals surface area contributed by atoms with Gasteiger partial charge in [-0.25, -0.2) is 0 Å². The van der Waals surface area contributed by atoms with Crippen LogP contribution >= 0.6 is 34.8 Å². The molecule has 0 spiro atoms. The lowest BCUT2D eigenvalue weighted by Crippen LogP contribution is -2.39. The van der Waals surface area contributed by atoms with Crippen LogP contribution in [0.3, 0.4) is 0 Å². The highest BCUT2D eigenvalue weighted by Gasteiger charge is 2.40. The van der Waals surface area contributed by atoms with E-state index in [-0.39, 0.29) is 38.1 Å². The van der Waals surface area contributed by atoms with Crippen LogP contribution in [0.2, 0.25) is 15.1 Å². The number of hydrogen-bond acceptors (Lipinski definition) is 7. The standard InChI is InChI=1S/C35H31Cl3N6O4/c1-5-28(48-29-14-11-20(3)15-21(29)4)34(46)39-25-8-6-7-22(16-25)33(45)40-32-30(42-41-24-12-9-19(2)10-13-24)35(47)44(43-32)31-26(37)17-23(36)18-27(31)38/h6-18,28,30H,5H2,1-4H3,(H,39,46)(H,40,43,45). The molecule has 2 atom stereocenters. The van der Waals surface area contributed by atoms with Gasteiger partial charge in [0, 0.05) is 16.3 Å². The van der Waals surface area contributed by atoms with Crippen LogP contribution in [0.4, 0.5) is 17.1 Å². The van der Waals surface area contributed by atoms with Crippen molar-refractivity contribution < 1.29 is 19.1 Å². The van der Waals surface area contributed by atoms with Gasteiger partial charge in [-0.1, -0.05) is 83.2 Å². The van der Waals surface area contributed by atoms with Crippen LogP contribution < -0.4 is 20.4 Å². The second-order valence-corrected chi connectivity index (χ2v) is 12.4. The third-order valence-electron chi connectivity index (χ3n) is 7.32. The van der Waals surface area contributed by atoms with E-state index in [1.807, 2.05) is 58.0 Å². The molecule has 2 N–H and O–H groups in total. The third kappa shape index (κ3) is 8.02. The van der Waals surface area contributed by atoms with Gasteiger partial charge in [-0.3, -0.25) is 14.4 Å². The van der Waals surface area contributed by atoms with Crippen molar-refractivity contribution in [2.45, 2.75) is 46.3 Å². The predicted molar refractivity (Wildman–Crippen MR) is 189 cm³/mol. The van der Waals surface area contributed by atoms with Crippen molar-refractivity contribution in [3.05, 3.63) is 116 Å². The Hall–Kier alpha value is -4.77. The highest BCUT2D eigenvalue weighted by Crippen LogP contribution is 2.38. The first kappa shape index (κ1) is 34.6. The average Bonchev–Trinajstić information content (AvgIpc) is 3.33. The molecule has 246 valence electrons. The lowest BCUT2D eigenvalue weighted by Gasteiger charge is -2.19. The van der Waals surface area contributed by atoms with Crippen LogP contribution in [-0.2, 0) is 9.59 Å². The van der Waals surface area contributed by atoms with Gasteiger partial charge in [-0.05, 0) is 81.3 Å². The Labute approximate surface area is 292 Å². The summed E-state index contributed by atoms with van der Waals surface area (Å²) in [5, 5.41) is 19.6. The van der Waals surface area contributed by atoms with Crippen LogP contribution in [0.1, 0.15) is 40.4 Å². The second kappa shape index (κ2) is 15.0. The molecule has 3 amide bonds. The molecule has 0 radical (unpaired) electrons. The van der Waals surface area contributed by atoms with Crippen LogP contribution in [0.5, 0.6) is 5.75 Å². The summed E-state index contributed by atoms with van der Waals surface area (Å²) < 4.78 is 6.01. The number of hydrogen-bond donors (Lipinski definition) is 2. The molecule has 0 saturated carbocycles. The maximum atomic E-state index is 13.6. The first-order valence-corrected chi connectivity index (χ1v) is 16.1. The first-order chi connectivity index (χ1) is 22.9. The number of halogens is 3. The summed E-state index contributed by atoms with van der Waals surface area (Å²) in [5.74, 6) is -1.12. The number of amidine groups is 1. The molecule has 0 fully saturated rings. The molecule has 0 bridgehead atoms. The largest absolute Gasteiger partial charge is 0.480 e. The molecule has 2 unspecified atom stereocenters. The fourth-order valence-corrected chi connectivity index (χ4v) is 5.81. The number of nitrogens with one attached hydrogen (secondary N) is 2. The van der Waals surface area contributed by atoms with Gasteiger partial charge in [0.25, 0.3) is 17.7 Å². The monoisotopic (exact) mass is 704 g/mol. The van der Waals surface area contributed by atoms with E-state index in [1.165, 1.54) is 18.2 Å². The molecule has 4 aromatic carbocycles. The number of anilines is 2. The fourth-order valence-electron chi connectivity index (χ4n) is 4.83. The lowest BCUT2D eigenvalue weighted by atomic mass is 10.1. The Bertz CT molecular complexity index is 1920. The SMILES string of the molecule is CCC(Oc1ccc(C)cc1C)C(=O)Nc1cccc(C(=O)NC2=NN(c3c(Cl)cc(Cl)cc3Cl)C(=O)C2N=Nc2ccc(C)cc2)c1. The lowest BCUT2D eigenvalue weighted by molar-refractivity contribution is -0.123. The molecule has 13 heteroatoms. The summed E-state index contributed by atoms with van der Waals surface area (Å²) >= 11 is 18.9. The Kier molecular flexibility index (Phi) is 10.8. The zero-order chi connectivity index (χ0) is 34.5. The molecule has 1 aliphatic heterocycles. The first-order valence-electron chi connectivity index (χ1n) is 14.9. The van der Waals surface area contributed by atoms with Crippen molar-refractivity contribution in [2.75, 3.05) is 10.3 Å². The summed E-state index contributed by atoms with van der Waals surface area (Å²) in [5.41, 5.74) is 4.16. The van der Waals surface area contributed by atoms with Crippen molar-refractivity contribution in [2.24, 2.45) is 15.3 Å². The van der Waals surface area contributed by atoms with E-state index < -0.39 is 24.0 Å². The summed E-state index contributed by atoms with van der Waals surface area (Å²) in [4.78, 5) is 40.3. The van der Waals surface area contributed by atoms with Gasteiger partial charge in [-0.2, -0.15) is 15.2 Å². The smallest absolute Gasteiger partial charge is 0.282 e. The van der Waals surface area contributed by atoms with E-state index in [0.717, 1.165) is 21.7 Å². The number of carbonyl (C=O) groups is 3. The molecular weight excluding hydrogens is 675 g/mol. The normalized spacial score (nSPS) is 15.0. The Morgan fingerprint density at radius 1 is 0.917 bits per heavy atom. The number of benzene rings is 4. The Morgan fingerprint density at radius 3 is 2.27 bits per heavy atom. The highest BCUT2D eigenvalue weighted by atomic mass is 35.5. The molecule has 5 rings (SSSR count). The maximum absolute atomic E-state index is 13.6. The topological polar surface area (TPSA) is 125 Å². The number of ether oxygens (including phenoxy) is 1. The van der Waals surface area contributed by atoms with Gasteiger partial charge in [0.15, 0.2) is 11.9 Å². The molecule has 0 aromatic heterocycles. The highest BCUT2D eigenvalue weighted by molar-refractivity contribution is 6.43. The van der Waals surface area contributed by atoms with Gasteiger partial charge >= 0.3 is 0 Å². The number of amides is 3. The van der Waals surface area contributed by atoms with Crippen LogP contribution in [0, 0.1) is 20.8 Å². The van der Waals surface area contributed by atoms with Gasteiger partial charge in [0.05, 0.1) is 15.7 Å². The number of carbonyl (C=O) groups excluding carboxylic acids is 3. The molecule has 48 heavy (non-hydrogen) atoms. The zero-order valence-electron chi connectivity index (χ0n) is 26.4. The molecule has 1 aliphatic rings. The zero-order valence-corrected chi connectivity index (χ0v) is 28.7. The minimum atomic E-state index is -1.33. The third-order valence-corrected chi connectivity index (χ3v) is 8.12. The molecule has 0 saturated heterocycles. The van der Waals surface area contributed by atoms with E-state index in [1.54, 1.807) is 30.3 Å². The summed E-state index contributed by atoms with van der Waals surface area (Å²) in [6.45, 7) is 7.69. The minimum Gasteiger partial charge on any atom is -0.480 e. The molecule has 1 heterocycles. The second-order valence-electron chi connectivity index (χ2n) is 11.1. The molecule has 10 nitrogen and oxygen atoms in total. The van der Waals surface area contributed by atoms with Crippen LogP contribution in [0.15, 0.2) is 94.2 Å². The van der Waals surface area contributed by atoms with Gasteiger partial charge < -0.3 is 15.4 Å².